The number of hydrogen-bond donors (Lipinski definition) is 3. The SMILES string of the molecule is Cc1c(NC(=O)N[C@H](C)Cc2cnccn2)cccc1C(=O)NC(C)(C)C. The van der Waals surface area contributed by atoms with Crippen LogP contribution in [0.5, 0.6) is 0 Å². The van der Waals surface area contributed by atoms with Crippen molar-refractivity contribution in [3.8, 4) is 0 Å². The average Bonchev–Trinajstić information content (AvgIpc) is 2.55. The van der Waals surface area contributed by atoms with Crippen molar-refractivity contribution in [2.45, 2.75) is 52.6 Å². The number of urea groups is 1. The second-order valence-electron chi connectivity index (χ2n) is 7.58. The van der Waals surface area contributed by atoms with Crippen molar-refractivity contribution in [2.24, 2.45) is 0 Å². The molecule has 0 fully saturated rings. The van der Waals surface area contributed by atoms with Crippen LogP contribution >= 0.6 is 0 Å². The van der Waals surface area contributed by atoms with Crippen molar-refractivity contribution >= 4 is 17.6 Å². The molecule has 1 atom stereocenters. The first-order valence-corrected chi connectivity index (χ1v) is 8.90. The van der Waals surface area contributed by atoms with E-state index in [-0.39, 0.29) is 23.5 Å². The van der Waals surface area contributed by atoms with E-state index in [0.29, 0.717) is 17.7 Å². The highest BCUT2D eigenvalue weighted by molar-refractivity contribution is 5.99. The van der Waals surface area contributed by atoms with Gasteiger partial charge in [0.25, 0.3) is 5.91 Å². The van der Waals surface area contributed by atoms with Crippen LogP contribution in [0.4, 0.5) is 10.5 Å². The lowest BCUT2D eigenvalue weighted by Crippen LogP contribution is -2.41. The fourth-order valence-corrected chi connectivity index (χ4v) is 2.61. The topological polar surface area (TPSA) is 96.0 Å². The van der Waals surface area contributed by atoms with E-state index >= 15 is 0 Å². The van der Waals surface area contributed by atoms with E-state index in [4.69, 9.17) is 0 Å². The zero-order valence-corrected chi connectivity index (χ0v) is 16.5. The van der Waals surface area contributed by atoms with Crippen LogP contribution in [-0.2, 0) is 6.42 Å². The van der Waals surface area contributed by atoms with Crippen molar-refractivity contribution in [3.05, 3.63) is 53.6 Å². The zero-order valence-electron chi connectivity index (χ0n) is 16.5. The molecule has 1 heterocycles. The van der Waals surface area contributed by atoms with Gasteiger partial charge in [-0.05, 0) is 52.3 Å². The third kappa shape index (κ3) is 6.36. The molecular weight excluding hydrogens is 342 g/mol. The van der Waals surface area contributed by atoms with E-state index < -0.39 is 0 Å². The summed E-state index contributed by atoms with van der Waals surface area (Å²) in [7, 11) is 0. The largest absolute Gasteiger partial charge is 0.347 e. The van der Waals surface area contributed by atoms with Crippen molar-refractivity contribution < 1.29 is 9.59 Å². The summed E-state index contributed by atoms with van der Waals surface area (Å²) in [6, 6.07) is 4.83. The Morgan fingerprint density at radius 2 is 1.93 bits per heavy atom. The van der Waals surface area contributed by atoms with Crippen molar-refractivity contribution in [1.82, 2.24) is 20.6 Å². The molecule has 0 bridgehead atoms. The highest BCUT2D eigenvalue weighted by atomic mass is 16.2. The number of nitrogens with one attached hydrogen (secondary N) is 3. The lowest BCUT2D eigenvalue weighted by Gasteiger charge is -2.22. The summed E-state index contributed by atoms with van der Waals surface area (Å²) >= 11 is 0. The molecule has 0 saturated carbocycles. The lowest BCUT2D eigenvalue weighted by atomic mass is 10.0. The van der Waals surface area contributed by atoms with Gasteiger partial charge in [0.15, 0.2) is 0 Å². The number of aromatic nitrogens is 2. The molecule has 1 aromatic heterocycles. The lowest BCUT2D eigenvalue weighted by molar-refractivity contribution is 0.0919. The molecule has 0 aliphatic heterocycles. The molecule has 0 unspecified atom stereocenters. The number of benzene rings is 1. The number of rotatable bonds is 5. The first-order chi connectivity index (χ1) is 12.7. The normalized spacial score (nSPS) is 12.2. The summed E-state index contributed by atoms with van der Waals surface area (Å²) in [6.07, 6.45) is 5.49. The molecule has 0 aliphatic rings. The Labute approximate surface area is 160 Å². The van der Waals surface area contributed by atoms with Crippen LogP contribution in [0.1, 0.15) is 49.3 Å². The average molecular weight is 369 g/mol. The van der Waals surface area contributed by atoms with Crippen LogP contribution in [0.15, 0.2) is 36.8 Å². The Hall–Kier alpha value is -2.96. The highest BCUT2D eigenvalue weighted by Crippen LogP contribution is 2.19. The summed E-state index contributed by atoms with van der Waals surface area (Å²) in [5, 5.41) is 8.63. The van der Waals surface area contributed by atoms with Crippen LogP contribution in [0, 0.1) is 6.92 Å². The maximum Gasteiger partial charge on any atom is 0.319 e. The highest BCUT2D eigenvalue weighted by Gasteiger charge is 2.18. The number of anilines is 1. The Kier molecular flexibility index (Phi) is 6.50. The van der Waals surface area contributed by atoms with Crippen LogP contribution in [-0.4, -0.2) is 33.5 Å². The zero-order chi connectivity index (χ0) is 20.0. The maximum atomic E-state index is 12.4. The van der Waals surface area contributed by atoms with Crippen LogP contribution in [0.25, 0.3) is 0 Å². The first kappa shape index (κ1) is 20.4. The van der Waals surface area contributed by atoms with Gasteiger partial charge in [-0.2, -0.15) is 0 Å². The minimum atomic E-state index is -0.333. The van der Waals surface area contributed by atoms with Crippen LogP contribution in [0.2, 0.25) is 0 Å². The molecule has 0 aliphatic carbocycles. The third-order valence-corrected chi connectivity index (χ3v) is 3.82. The number of nitrogens with zero attached hydrogens (tertiary/aromatic N) is 2. The van der Waals surface area contributed by atoms with E-state index in [1.807, 2.05) is 34.6 Å². The Morgan fingerprint density at radius 3 is 2.56 bits per heavy atom. The van der Waals surface area contributed by atoms with Gasteiger partial charge in [0.2, 0.25) is 0 Å². The standard InChI is InChI=1S/C20H27N5O2/c1-13(11-15-12-21-9-10-22-15)23-19(27)24-17-8-6-7-16(14(17)2)18(26)25-20(3,4)5/h6-10,12-13H,11H2,1-5H3,(H,25,26)(H2,23,24,27)/t13-/m1/s1. The first-order valence-electron chi connectivity index (χ1n) is 8.90. The molecule has 3 amide bonds. The third-order valence-electron chi connectivity index (χ3n) is 3.82. The van der Waals surface area contributed by atoms with Gasteiger partial charge in [-0.15, -0.1) is 0 Å². The molecule has 0 radical (unpaired) electrons. The van der Waals surface area contributed by atoms with Gasteiger partial charge in [-0.3, -0.25) is 14.8 Å². The second kappa shape index (κ2) is 8.62. The van der Waals surface area contributed by atoms with Gasteiger partial charge in [-0.25, -0.2) is 4.79 Å². The Morgan fingerprint density at radius 1 is 1.19 bits per heavy atom. The van der Waals surface area contributed by atoms with E-state index in [9.17, 15) is 9.59 Å². The van der Waals surface area contributed by atoms with Crippen LogP contribution < -0.4 is 16.0 Å². The maximum absolute atomic E-state index is 12.4. The van der Waals surface area contributed by atoms with E-state index in [2.05, 4.69) is 25.9 Å². The minimum Gasteiger partial charge on any atom is -0.347 e. The Balaban J connectivity index is 2.01. The number of carbonyl (C=O) groups excluding carboxylic acids is 2. The van der Waals surface area contributed by atoms with E-state index in [1.165, 1.54) is 0 Å². The number of carbonyl (C=O) groups is 2. The molecule has 7 nitrogen and oxygen atoms in total. The molecule has 0 saturated heterocycles. The van der Waals surface area contributed by atoms with E-state index in [0.717, 1.165) is 11.3 Å². The predicted octanol–water partition coefficient (Wildman–Crippen LogP) is 3.07. The molecular formula is C20H27N5O2. The molecule has 27 heavy (non-hydrogen) atoms. The minimum absolute atomic E-state index is 0.116. The van der Waals surface area contributed by atoms with Crippen LogP contribution in [0.3, 0.4) is 0 Å². The number of amides is 3. The molecule has 1 aromatic carbocycles. The van der Waals surface area contributed by atoms with Gasteiger partial charge in [0.05, 0.1) is 5.69 Å². The van der Waals surface area contributed by atoms with Crippen molar-refractivity contribution in [1.29, 1.82) is 0 Å². The van der Waals surface area contributed by atoms with Gasteiger partial charge >= 0.3 is 6.03 Å². The molecule has 2 aromatic rings. The molecule has 7 heteroatoms. The molecule has 3 N–H and O–H groups in total. The van der Waals surface area contributed by atoms with Gasteiger partial charge in [0.1, 0.15) is 0 Å². The fourth-order valence-electron chi connectivity index (χ4n) is 2.61. The van der Waals surface area contributed by atoms with Gasteiger partial charge in [0, 0.05) is 47.8 Å². The monoisotopic (exact) mass is 369 g/mol. The smallest absolute Gasteiger partial charge is 0.319 e. The summed E-state index contributed by atoms with van der Waals surface area (Å²) < 4.78 is 0. The summed E-state index contributed by atoms with van der Waals surface area (Å²) in [5.74, 6) is -0.167. The summed E-state index contributed by atoms with van der Waals surface area (Å²) in [5.41, 5.74) is 2.33. The molecule has 2 rings (SSSR count). The van der Waals surface area contributed by atoms with Gasteiger partial charge < -0.3 is 16.0 Å². The van der Waals surface area contributed by atoms with E-state index in [1.54, 1.807) is 36.8 Å². The van der Waals surface area contributed by atoms with Crippen molar-refractivity contribution in [3.63, 3.8) is 0 Å². The van der Waals surface area contributed by atoms with Gasteiger partial charge in [-0.1, -0.05) is 6.07 Å². The number of hydrogen-bond acceptors (Lipinski definition) is 4. The predicted molar refractivity (Wildman–Crippen MR) is 106 cm³/mol. The second-order valence-corrected chi connectivity index (χ2v) is 7.58. The molecule has 0 spiro atoms. The quantitative estimate of drug-likeness (QED) is 0.755. The van der Waals surface area contributed by atoms with Crippen molar-refractivity contribution in [2.75, 3.05) is 5.32 Å². The fraction of sp³-hybridized carbons (Fsp3) is 0.400. The summed E-state index contributed by atoms with van der Waals surface area (Å²) in [4.78, 5) is 33.0. The summed E-state index contributed by atoms with van der Waals surface area (Å²) in [6.45, 7) is 9.49. The molecule has 144 valence electrons. The Bertz CT molecular complexity index is 800.